The van der Waals surface area contributed by atoms with Gasteiger partial charge in [-0.2, -0.15) is 0 Å². The molecule has 10 atom stereocenters. The van der Waals surface area contributed by atoms with Gasteiger partial charge < -0.3 is 106 Å². The maximum atomic E-state index is 16.2. The van der Waals surface area contributed by atoms with Crippen LogP contribution in [0.15, 0.2) is 115 Å². The van der Waals surface area contributed by atoms with E-state index in [0.29, 0.717) is 0 Å². The highest BCUT2D eigenvalue weighted by atomic mass is 35.5. The number of carbonyl (C=O) groups is 10. The fraction of sp³-hybridized carbons (Fsp3) is 0.268. The molecule has 8 heterocycles. The molecule has 8 aliphatic heterocycles. The predicted octanol–water partition coefficient (Wildman–Crippen LogP) is 6.31. The number of phenolic OH excluding ortho intramolecular Hbond substituents is 5. The number of cyclic esters (lactones) is 2. The number of fused-ring (bicyclic) bond motifs is 14. The van der Waals surface area contributed by atoms with Gasteiger partial charge in [-0.25, -0.2) is 19.2 Å². The van der Waals surface area contributed by atoms with Crippen LogP contribution >= 0.6 is 23.2 Å². The summed E-state index contributed by atoms with van der Waals surface area (Å²) in [6.45, 7) is 4.43. The second-order valence-corrected chi connectivity index (χ2v) is 26.6. The Morgan fingerprint density at radius 2 is 1.12 bits per heavy atom. The average molecular weight is 1470 g/mol. The Bertz CT molecular complexity index is 4800. The van der Waals surface area contributed by atoms with Crippen LogP contribution in [0.25, 0.3) is 11.1 Å². The van der Waals surface area contributed by atoms with Crippen molar-refractivity contribution in [2.45, 2.75) is 106 Å². The van der Waals surface area contributed by atoms with E-state index in [1.54, 1.807) is 20.8 Å². The standard InChI is InChI=1S/C71H61Cl2N7O24/c1-71(2,3)104-70(96)80-54-30-6-9-43(84)49(22-30)99-36-19-32(18-34(81)25-36)55-64(90)77-56-33-23-50(100-45-10-4-28(16-39(45)72)17-41(61(87)75-55)74-62(54)88)60(102-47-12-14-97-67(47)93)51(24-33)101-46-11-7-31(21-40(46)73)59(86)58-66(92)78-57(69(95)103-48-13-15-98-68(48)94)38-26-35(82)27-44(85)52(38)37-20-29(5-8-42(37)83)53(63(89)79-58)76-65(56)91/h4-11,16,18-27,41,47-48,53-59,81-86H,12-15,17H2,1-3H3,(H,74,88)(H,75,87)(H,76,91)(H,77,90)(H,78,92)(H,79,89)(H,80,96)/t41-,47?,48?,53-,54+,55+,56-,57+,58+,59-/m1/s1. The first-order chi connectivity index (χ1) is 49.5. The molecule has 17 bridgehead atoms. The van der Waals surface area contributed by atoms with Crippen molar-refractivity contribution in [2.75, 3.05) is 13.2 Å². The zero-order chi connectivity index (χ0) is 73.9. The van der Waals surface area contributed by atoms with Crippen LogP contribution in [0.1, 0.15) is 109 Å². The molecule has 0 radical (unpaired) electrons. The van der Waals surface area contributed by atoms with Gasteiger partial charge in [0.15, 0.2) is 35.1 Å². The predicted molar refractivity (Wildman–Crippen MR) is 356 cm³/mol. The number of alkyl carbamates (subject to hydrolysis) is 1. The summed E-state index contributed by atoms with van der Waals surface area (Å²) in [5.41, 5.74) is -3.57. The topological polar surface area (TPSA) is 450 Å². The van der Waals surface area contributed by atoms with Crippen LogP contribution < -0.4 is 56.2 Å². The van der Waals surface area contributed by atoms with E-state index in [1.165, 1.54) is 48.5 Å². The maximum absolute atomic E-state index is 16.2. The summed E-state index contributed by atoms with van der Waals surface area (Å²) in [4.78, 5) is 148. The molecular formula is C71H61Cl2N7O24. The summed E-state index contributed by atoms with van der Waals surface area (Å²) in [5, 5.41) is 87.3. The molecule has 8 aliphatic rings. The number of nitrogens with one attached hydrogen (secondary N) is 7. The monoisotopic (exact) mass is 1470 g/mol. The molecule has 31 nitrogen and oxygen atoms in total. The lowest BCUT2D eigenvalue weighted by molar-refractivity contribution is -0.162. The largest absolute Gasteiger partial charge is 0.508 e. The van der Waals surface area contributed by atoms with Gasteiger partial charge in [0.2, 0.25) is 47.3 Å². The number of rotatable bonds is 5. The van der Waals surface area contributed by atoms with E-state index in [1.807, 2.05) is 0 Å². The first-order valence-electron chi connectivity index (χ1n) is 32.0. The minimum Gasteiger partial charge on any atom is -0.508 e. The zero-order valence-corrected chi connectivity index (χ0v) is 56.1. The van der Waals surface area contributed by atoms with E-state index in [9.17, 15) is 54.6 Å². The number of phenols is 5. The molecule has 0 aliphatic carbocycles. The molecule has 7 amide bonds. The van der Waals surface area contributed by atoms with Crippen molar-refractivity contribution in [3.8, 4) is 80.1 Å². The molecule has 7 aromatic carbocycles. The Morgan fingerprint density at radius 1 is 0.529 bits per heavy atom. The minimum atomic E-state index is -2.28. The molecule has 7 aromatic rings. The van der Waals surface area contributed by atoms with Crippen LogP contribution in [-0.2, 0) is 68.5 Å². The average Bonchev–Trinajstić information content (AvgIpc) is 0.833. The number of hydrogen-bond donors (Lipinski definition) is 13. The molecule has 0 saturated carbocycles. The first-order valence-corrected chi connectivity index (χ1v) is 32.8. The summed E-state index contributed by atoms with van der Waals surface area (Å²) < 4.78 is 47.1. The quantitative estimate of drug-likeness (QED) is 0.0662. The Kier molecular flexibility index (Phi) is 18.9. The van der Waals surface area contributed by atoms with Crippen molar-refractivity contribution in [3.05, 3.63) is 164 Å². The highest BCUT2D eigenvalue weighted by molar-refractivity contribution is 6.32. The number of aromatic hydroxyl groups is 5. The fourth-order valence-corrected chi connectivity index (χ4v) is 12.9. The second kappa shape index (κ2) is 28.0. The van der Waals surface area contributed by atoms with Gasteiger partial charge >= 0.3 is 24.0 Å². The first kappa shape index (κ1) is 70.2. The number of amides is 7. The normalized spacial score (nSPS) is 23.0. The molecule has 33 heteroatoms. The van der Waals surface area contributed by atoms with Gasteiger partial charge in [-0.1, -0.05) is 47.5 Å². The maximum Gasteiger partial charge on any atom is 0.408 e. The zero-order valence-electron chi connectivity index (χ0n) is 54.6. The molecule has 2 saturated heterocycles. The van der Waals surface area contributed by atoms with Crippen molar-refractivity contribution in [2.24, 2.45) is 0 Å². The molecular weight excluding hydrogens is 1410 g/mol. The number of aliphatic hydroxyl groups is 1. The molecule has 538 valence electrons. The van der Waals surface area contributed by atoms with E-state index >= 15 is 24.0 Å². The van der Waals surface area contributed by atoms with Crippen molar-refractivity contribution in [3.63, 3.8) is 0 Å². The van der Waals surface area contributed by atoms with Gasteiger partial charge in [-0.3, -0.25) is 28.8 Å². The summed E-state index contributed by atoms with van der Waals surface area (Å²) in [6, 6.07) is 7.21. The van der Waals surface area contributed by atoms with Crippen LogP contribution in [0.4, 0.5) is 4.79 Å². The highest BCUT2D eigenvalue weighted by Crippen LogP contribution is 2.50. The molecule has 104 heavy (non-hydrogen) atoms. The lowest BCUT2D eigenvalue weighted by atomic mass is 9.89. The van der Waals surface area contributed by atoms with Gasteiger partial charge in [-0.15, -0.1) is 0 Å². The van der Waals surface area contributed by atoms with Crippen LogP contribution in [0.2, 0.25) is 10.0 Å². The molecule has 0 aromatic heterocycles. The smallest absolute Gasteiger partial charge is 0.408 e. The molecule has 2 fully saturated rings. The van der Waals surface area contributed by atoms with Crippen LogP contribution in [0.3, 0.4) is 0 Å². The van der Waals surface area contributed by atoms with Crippen molar-refractivity contribution in [1.29, 1.82) is 0 Å². The number of ether oxygens (including phenoxy) is 8. The van der Waals surface area contributed by atoms with E-state index in [2.05, 4.69) is 37.2 Å². The fourth-order valence-electron chi connectivity index (χ4n) is 12.4. The highest BCUT2D eigenvalue weighted by Gasteiger charge is 2.44. The third kappa shape index (κ3) is 14.5. The van der Waals surface area contributed by atoms with Crippen LogP contribution in [0, 0.1) is 0 Å². The summed E-state index contributed by atoms with van der Waals surface area (Å²) >= 11 is 14.2. The van der Waals surface area contributed by atoms with E-state index in [0.717, 1.165) is 66.7 Å². The van der Waals surface area contributed by atoms with E-state index in [4.69, 9.17) is 61.1 Å². The molecule has 2 unspecified atom stereocenters. The van der Waals surface area contributed by atoms with Gasteiger partial charge in [0.1, 0.15) is 88.2 Å². The summed E-state index contributed by atoms with van der Waals surface area (Å²) in [6.07, 6.45) is -6.86. The van der Waals surface area contributed by atoms with Crippen molar-refractivity contribution >= 4 is 82.6 Å². The minimum absolute atomic E-state index is 0.0238. The number of carbonyl (C=O) groups excluding carboxylic acids is 10. The third-order valence-corrected chi connectivity index (χ3v) is 17.9. The van der Waals surface area contributed by atoms with Crippen molar-refractivity contribution < 1.29 is 116 Å². The van der Waals surface area contributed by atoms with Gasteiger partial charge in [0.05, 0.1) is 23.3 Å². The Balaban J connectivity index is 1.03. The molecule has 13 N–H and O–H groups in total. The van der Waals surface area contributed by atoms with E-state index in [-0.39, 0.29) is 92.5 Å². The SMILES string of the molecule is CC(C)(C)OC(=O)N[C@@H]1C(=O)N[C@@H]2Cc3ccc(c(Cl)c3)Oc3cc4cc(c3OC3CCOC3=O)Oc3ccc(cc3Cl)[C@@H](O)[C@@H]3NC(=O)[C@H](NC(=O)[C@@H]4NC(=O)[C@@H](NC2=O)c2cc(O)cc(c2)Oc2cc1ccc2O)c1ccc(O)c(c1)-c1c(O)cc(O)cc1[C@@H](C(=O)OC1CCOC1=O)NC3=O. The lowest BCUT2D eigenvalue weighted by Crippen LogP contribution is -2.55. The van der Waals surface area contributed by atoms with Crippen LogP contribution in [-0.4, -0.2) is 133 Å². The number of halogens is 2. The number of esters is 3. The Labute approximate surface area is 597 Å². The van der Waals surface area contributed by atoms with Gasteiger partial charge in [0, 0.05) is 48.1 Å². The lowest BCUT2D eigenvalue weighted by Gasteiger charge is -2.31. The summed E-state index contributed by atoms with van der Waals surface area (Å²) in [7, 11) is 0. The van der Waals surface area contributed by atoms with Crippen molar-refractivity contribution in [1.82, 2.24) is 37.2 Å². The van der Waals surface area contributed by atoms with Crippen LogP contribution in [0.5, 0.6) is 69.0 Å². The number of hydrogen-bond acceptors (Lipinski definition) is 24. The number of aliphatic hydroxyl groups excluding tert-OH is 1. The third-order valence-electron chi connectivity index (χ3n) is 17.3. The Morgan fingerprint density at radius 3 is 1.77 bits per heavy atom. The molecule has 0 spiro atoms. The van der Waals surface area contributed by atoms with E-state index < -0.39 is 195 Å². The van der Waals surface area contributed by atoms with Gasteiger partial charge in [0.25, 0.3) is 0 Å². The number of benzene rings is 7. The second-order valence-electron chi connectivity index (χ2n) is 25.8. The Hall–Kier alpha value is -12.2. The molecule has 15 rings (SSSR count). The van der Waals surface area contributed by atoms with Gasteiger partial charge in [-0.05, 0) is 133 Å². The summed E-state index contributed by atoms with van der Waals surface area (Å²) in [5.74, 6) is -16.8.